The van der Waals surface area contributed by atoms with Crippen molar-refractivity contribution in [3.63, 3.8) is 0 Å². The Bertz CT molecular complexity index is 1700. The lowest BCUT2D eigenvalue weighted by Crippen LogP contribution is -2.50. The molecule has 1 fully saturated rings. The summed E-state index contributed by atoms with van der Waals surface area (Å²) in [5, 5.41) is 36.4. The van der Waals surface area contributed by atoms with Crippen LogP contribution in [-0.4, -0.2) is 61.6 Å². The molecule has 2 aliphatic heterocycles. The molecule has 0 bridgehead atoms. The van der Waals surface area contributed by atoms with Gasteiger partial charge < -0.3 is 29.6 Å². The van der Waals surface area contributed by atoms with Gasteiger partial charge in [-0.25, -0.2) is 0 Å². The van der Waals surface area contributed by atoms with E-state index in [1.165, 1.54) is 0 Å². The van der Waals surface area contributed by atoms with E-state index in [-0.39, 0.29) is 12.2 Å². The van der Waals surface area contributed by atoms with Crippen LogP contribution < -0.4 is 5.32 Å². The van der Waals surface area contributed by atoms with E-state index in [9.17, 15) is 24.9 Å². The number of aliphatic hydroxyl groups excluding tert-OH is 3. The summed E-state index contributed by atoms with van der Waals surface area (Å²) >= 11 is 0. The number of ether oxygens (including phenoxy) is 1. The number of hydrogen-bond donors (Lipinski definition) is 5. The standard InChI is InChI=1S/C25H19N3O6/c29-14-9-34-25(22(31)21(14)30)28-13-8-4-2-6-11(13)16-18-17(23(32)27-24(18)33)15-10-5-1-3-7-12(10)26-19(15)20(16)28/h1-8,14,21-22,25-26,29-31H,9H2,(H,27,32,33)/t14-,21-,22+,25+/m0/s1. The van der Waals surface area contributed by atoms with Gasteiger partial charge in [-0.15, -0.1) is 0 Å². The number of hydrogen-bond acceptors (Lipinski definition) is 6. The Balaban J connectivity index is 1.73. The second-order valence-electron chi connectivity index (χ2n) is 8.84. The van der Waals surface area contributed by atoms with Crippen LogP contribution in [0, 0.1) is 0 Å². The van der Waals surface area contributed by atoms with Gasteiger partial charge in [-0.05, 0) is 12.1 Å². The molecule has 2 aromatic heterocycles. The molecule has 0 aliphatic carbocycles. The summed E-state index contributed by atoms with van der Waals surface area (Å²) in [5.74, 6) is -0.943. The quantitative estimate of drug-likeness (QED) is 0.244. The summed E-state index contributed by atoms with van der Waals surface area (Å²) < 4.78 is 7.59. The van der Waals surface area contributed by atoms with E-state index in [2.05, 4.69) is 10.3 Å². The Kier molecular flexibility index (Phi) is 3.85. The Morgan fingerprint density at radius 3 is 2.32 bits per heavy atom. The fraction of sp³-hybridized carbons (Fsp3) is 0.200. The first-order chi connectivity index (χ1) is 16.5. The largest absolute Gasteiger partial charge is 0.388 e. The minimum Gasteiger partial charge on any atom is -0.388 e. The Morgan fingerprint density at radius 1 is 0.853 bits per heavy atom. The fourth-order valence-corrected chi connectivity index (χ4v) is 5.56. The summed E-state index contributed by atoms with van der Waals surface area (Å²) in [7, 11) is 0. The fourth-order valence-electron chi connectivity index (χ4n) is 5.56. The second-order valence-corrected chi connectivity index (χ2v) is 8.84. The zero-order valence-electron chi connectivity index (χ0n) is 17.6. The highest BCUT2D eigenvalue weighted by molar-refractivity contribution is 6.39. The molecule has 5 N–H and O–H groups in total. The predicted octanol–water partition coefficient (Wildman–Crippen LogP) is 1.92. The number of aliphatic hydroxyl groups is 3. The van der Waals surface area contributed by atoms with Crippen molar-refractivity contribution >= 4 is 55.4 Å². The maximum absolute atomic E-state index is 13.1. The number of imide groups is 1. The summed E-state index contributed by atoms with van der Waals surface area (Å²) in [6.07, 6.45) is -5.09. The average molecular weight is 457 g/mol. The van der Waals surface area contributed by atoms with Crippen molar-refractivity contribution in [3.8, 4) is 0 Å². The minimum absolute atomic E-state index is 0.170. The van der Waals surface area contributed by atoms with Crippen molar-refractivity contribution in [3.05, 3.63) is 59.7 Å². The average Bonchev–Trinajstić information content (AvgIpc) is 3.47. The number of carbonyl (C=O) groups is 2. The molecule has 0 unspecified atom stereocenters. The minimum atomic E-state index is -1.43. The smallest absolute Gasteiger partial charge is 0.259 e. The van der Waals surface area contributed by atoms with Gasteiger partial charge in [0.1, 0.15) is 18.3 Å². The van der Waals surface area contributed by atoms with E-state index >= 15 is 0 Å². The Hall–Kier alpha value is -3.76. The number of amides is 2. The van der Waals surface area contributed by atoms with Crippen LogP contribution in [-0.2, 0) is 4.74 Å². The predicted molar refractivity (Wildman–Crippen MR) is 124 cm³/mol. The molecule has 0 saturated carbocycles. The van der Waals surface area contributed by atoms with Gasteiger partial charge in [-0.2, -0.15) is 0 Å². The highest BCUT2D eigenvalue weighted by Crippen LogP contribution is 2.45. The molecule has 1 saturated heterocycles. The topological polar surface area (TPSA) is 137 Å². The zero-order valence-corrected chi connectivity index (χ0v) is 17.6. The van der Waals surface area contributed by atoms with E-state index < -0.39 is 36.4 Å². The third-order valence-electron chi connectivity index (χ3n) is 7.01. The zero-order chi connectivity index (χ0) is 23.3. The second kappa shape index (κ2) is 6.64. The number of fused-ring (bicyclic) bond motifs is 10. The van der Waals surface area contributed by atoms with Gasteiger partial charge >= 0.3 is 0 Å². The summed E-state index contributed by atoms with van der Waals surface area (Å²) in [5.41, 5.74) is 3.23. The van der Waals surface area contributed by atoms with Crippen molar-refractivity contribution in [1.82, 2.24) is 14.9 Å². The van der Waals surface area contributed by atoms with Gasteiger partial charge in [0, 0.05) is 27.1 Å². The first-order valence-electron chi connectivity index (χ1n) is 11.0. The summed E-state index contributed by atoms with van der Waals surface area (Å²) in [6.45, 7) is -0.170. The van der Waals surface area contributed by atoms with E-state index in [0.29, 0.717) is 38.3 Å². The molecule has 7 rings (SSSR count). The van der Waals surface area contributed by atoms with Gasteiger partial charge in [0.05, 0.1) is 34.3 Å². The highest BCUT2D eigenvalue weighted by Gasteiger charge is 2.42. The molecular formula is C25H19N3O6. The summed E-state index contributed by atoms with van der Waals surface area (Å²) in [4.78, 5) is 29.4. The molecule has 0 radical (unpaired) electrons. The first-order valence-corrected chi connectivity index (χ1v) is 11.0. The SMILES string of the molecule is O=C1NC(=O)c2c1c1c3ccccc3[nH]c1c1c2c2ccccc2n1[C@@H]1OC[C@H](O)[C@H](O)[C@H]1O. The lowest BCUT2D eigenvalue weighted by Gasteiger charge is -2.36. The van der Waals surface area contributed by atoms with Crippen molar-refractivity contribution in [1.29, 1.82) is 0 Å². The lowest BCUT2D eigenvalue weighted by atomic mass is 9.96. The van der Waals surface area contributed by atoms with Crippen molar-refractivity contribution < 1.29 is 29.6 Å². The van der Waals surface area contributed by atoms with Crippen LogP contribution in [0.2, 0.25) is 0 Å². The molecule has 2 aliphatic rings. The van der Waals surface area contributed by atoms with E-state index in [1.807, 2.05) is 48.5 Å². The number of benzene rings is 3. The number of para-hydroxylation sites is 2. The van der Waals surface area contributed by atoms with Crippen LogP contribution in [0.3, 0.4) is 0 Å². The molecule has 4 heterocycles. The van der Waals surface area contributed by atoms with Crippen LogP contribution in [0.1, 0.15) is 26.9 Å². The van der Waals surface area contributed by atoms with Gasteiger partial charge in [0.2, 0.25) is 0 Å². The maximum atomic E-state index is 13.1. The van der Waals surface area contributed by atoms with Crippen molar-refractivity contribution in [2.24, 2.45) is 0 Å². The molecule has 5 aromatic rings. The Labute approximate surface area is 191 Å². The highest BCUT2D eigenvalue weighted by atomic mass is 16.5. The van der Waals surface area contributed by atoms with E-state index in [0.717, 1.165) is 10.9 Å². The number of nitrogens with zero attached hydrogens (tertiary/aromatic N) is 1. The molecule has 3 aromatic carbocycles. The van der Waals surface area contributed by atoms with Crippen molar-refractivity contribution in [2.45, 2.75) is 24.5 Å². The van der Waals surface area contributed by atoms with E-state index in [4.69, 9.17) is 4.74 Å². The molecule has 170 valence electrons. The molecule has 34 heavy (non-hydrogen) atoms. The summed E-state index contributed by atoms with van der Waals surface area (Å²) in [6, 6.07) is 14.9. The normalized spacial score (nSPS) is 25.0. The van der Waals surface area contributed by atoms with Crippen LogP contribution in [0.25, 0.3) is 43.6 Å². The molecule has 2 amide bonds. The van der Waals surface area contributed by atoms with Crippen LogP contribution >= 0.6 is 0 Å². The van der Waals surface area contributed by atoms with Crippen molar-refractivity contribution in [2.75, 3.05) is 6.61 Å². The van der Waals surface area contributed by atoms with E-state index in [1.54, 1.807) is 4.57 Å². The third-order valence-corrected chi connectivity index (χ3v) is 7.01. The van der Waals surface area contributed by atoms with Gasteiger partial charge in [-0.3, -0.25) is 14.9 Å². The molecule has 0 spiro atoms. The van der Waals surface area contributed by atoms with Crippen LogP contribution in [0.4, 0.5) is 0 Å². The molecular weight excluding hydrogens is 438 g/mol. The number of aromatic nitrogens is 2. The van der Waals surface area contributed by atoms with Gasteiger partial charge in [0.15, 0.2) is 6.23 Å². The number of nitrogens with one attached hydrogen (secondary N) is 2. The Morgan fingerprint density at radius 2 is 1.53 bits per heavy atom. The molecule has 9 nitrogen and oxygen atoms in total. The number of carbonyl (C=O) groups excluding carboxylic acids is 2. The number of aromatic amines is 1. The molecule has 4 atom stereocenters. The third kappa shape index (κ3) is 2.31. The molecule has 9 heteroatoms. The van der Waals surface area contributed by atoms with Gasteiger partial charge in [0.25, 0.3) is 11.8 Å². The van der Waals surface area contributed by atoms with Crippen LogP contribution in [0.5, 0.6) is 0 Å². The first kappa shape index (κ1) is 19.7. The number of rotatable bonds is 1. The van der Waals surface area contributed by atoms with Crippen LogP contribution in [0.15, 0.2) is 48.5 Å². The lowest BCUT2D eigenvalue weighted by molar-refractivity contribution is -0.208. The monoisotopic (exact) mass is 457 g/mol. The number of H-pyrrole nitrogens is 1. The maximum Gasteiger partial charge on any atom is 0.259 e. The van der Waals surface area contributed by atoms with Gasteiger partial charge in [-0.1, -0.05) is 36.4 Å².